The van der Waals surface area contributed by atoms with Crippen LogP contribution < -0.4 is 5.32 Å². The molecular formula is C21H28F2N2O4. The zero-order valence-corrected chi connectivity index (χ0v) is 17.2. The van der Waals surface area contributed by atoms with E-state index < -0.39 is 35.6 Å². The summed E-state index contributed by atoms with van der Waals surface area (Å²) in [4.78, 5) is 38.4. The smallest absolute Gasteiger partial charge is 0.329 e. The van der Waals surface area contributed by atoms with Crippen molar-refractivity contribution in [3.63, 3.8) is 0 Å². The Balaban J connectivity index is 2.04. The molecule has 8 heteroatoms. The minimum atomic E-state index is -0.994. The lowest BCUT2D eigenvalue weighted by molar-refractivity contribution is -0.153. The van der Waals surface area contributed by atoms with E-state index in [2.05, 4.69) is 5.32 Å². The van der Waals surface area contributed by atoms with Crippen LogP contribution in [-0.2, 0) is 25.7 Å². The summed E-state index contributed by atoms with van der Waals surface area (Å²) in [7, 11) is 0. The summed E-state index contributed by atoms with van der Waals surface area (Å²) >= 11 is 0. The fourth-order valence-electron chi connectivity index (χ4n) is 3.33. The van der Waals surface area contributed by atoms with E-state index in [-0.39, 0.29) is 42.9 Å². The third-order valence-corrected chi connectivity index (χ3v) is 4.83. The minimum Gasteiger partial charge on any atom is -0.461 e. The van der Waals surface area contributed by atoms with Crippen LogP contribution in [0.25, 0.3) is 0 Å². The molecule has 0 saturated carbocycles. The van der Waals surface area contributed by atoms with Gasteiger partial charge in [-0.3, -0.25) is 9.59 Å². The van der Waals surface area contributed by atoms with E-state index in [1.165, 1.54) is 17.0 Å². The van der Waals surface area contributed by atoms with Gasteiger partial charge in [0, 0.05) is 31.0 Å². The molecule has 1 aliphatic heterocycles. The molecule has 1 fully saturated rings. The first-order chi connectivity index (χ1) is 13.6. The van der Waals surface area contributed by atoms with Crippen LogP contribution >= 0.6 is 0 Å². The molecule has 1 saturated heterocycles. The number of ether oxygens (including phenoxy) is 1. The van der Waals surface area contributed by atoms with E-state index in [1.54, 1.807) is 27.7 Å². The SMILES string of the molecule is CC(C)OC(=O)[C@@H](NC(=O)C[C@@H]1CCC(=O)N1Cc1cccc(F)c1F)C(C)C. The molecule has 2 rings (SSSR count). The topological polar surface area (TPSA) is 75.7 Å². The van der Waals surface area contributed by atoms with Gasteiger partial charge in [-0.2, -0.15) is 0 Å². The number of carbonyl (C=O) groups is 3. The lowest BCUT2D eigenvalue weighted by Crippen LogP contribution is -2.47. The Bertz CT molecular complexity index is 767. The van der Waals surface area contributed by atoms with Gasteiger partial charge in [-0.1, -0.05) is 26.0 Å². The fourth-order valence-corrected chi connectivity index (χ4v) is 3.33. The van der Waals surface area contributed by atoms with Crippen molar-refractivity contribution in [3.05, 3.63) is 35.4 Å². The molecule has 0 radical (unpaired) electrons. The van der Waals surface area contributed by atoms with Crippen molar-refractivity contribution in [1.82, 2.24) is 10.2 Å². The third kappa shape index (κ3) is 5.98. The van der Waals surface area contributed by atoms with Gasteiger partial charge in [-0.05, 0) is 32.3 Å². The van der Waals surface area contributed by atoms with Gasteiger partial charge >= 0.3 is 5.97 Å². The number of carbonyl (C=O) groups excluding carboxylic acids is 3. The average Bonchev–Trinajstić information content (AvgIpc) is 2.95. The zero-order chi connectivity index (χ0) is 21.7. The molecule has 0 bridgehead atoms. The number of amides is 2. The minimum absolute atomic E-state index is 0.0269. The summed E-state index contributed by atoms with van der Waals surface area (Å²) < 4.78 is 32.6. The predicted octanol–water partition coefficient (Wildman–Crippen LogP) is 2.94. The molecular weight excluding hydrogens is 382 g/mol. The maximum atomic E-state index is 14.0. The van der Waals surface area contributed by atoms with Gasteiger partial charge in [0.2, 0.25) is 11.8 Å². The van der Waals surface area contributed by atoms with Crippen LogP contribution in [0.1, 0.15) is 52.5 Å². The normalized spacial score (nSPS) is 17.7. The molecule has 0 aromatic heterocycles. The third-order valence-electron chi connectivity index (χ3n) is 4.83. The molecule has 1 aromatic rings. The molecule has 160 valence electrons. The summed E-state index contributed by atoms with van der Waals surface area (Å²) in [6, 6.07) is 2.56. The molecule has 0 spiro atoms. The number of nitrogens with zero attached hydrogens (tertiary/aromatic N) is 1. The van der Waals surface area contributed by atoms with Crippen LogP contribution in [-0.4, -0.2) is 40.9 Å². The Morgan fingerprint density at radius 1 is 1.24 bits per heavy atom. The van der Waals surface area contributed by atoms with Crippen LogP contribution in [0.3, 0.4) is 0 Å². The van der Waals surface area contributed by atoms with Crippen molar-refractivity contribution in [1.29, 1.82) is 0 Å². The Kier molecular flexibility index (Phi) is 7.70. The molecule has 1 aromatic carbocycles. The highest BCUT2D eigenvalue weighted by Gasteiger charge is 2.34. The number of halogens is 2. The predicted molar refractivity (Wildman–Crippen MR) is 103 cm³/mol. The number of rotatable bonds is 8. The standard InChI is InChI=1S/C21H28F2N2O4/c1-12(2)20(21(28)29-13(3)4)24-17(26)10-15-8-9-18(27)25(15)11-14-6-5-7-16(22)19(14)23/h5-7,12-13,15,20H,8-11H2,1-4H3,(H,24,26)/t15-,20-/m0/s1. The van der Waals surface area contributed by atoms with Crippen LogP contribution in [0.2, 0.25) is 0 Å². The van der Waals surface area contributed by atoms with Gasteiger partial charge < -0.3 is 15.0 Å². The first-order valence-corrected chi connectivity index (χ1v) is 9.82. The van der Waals surface area contributed by atoms with Crippen molar-refractivity contribution in [2.24, 2.45) is 5.92 Å². The fraction of sp³-hybridized carbons (Fsp3) is 0.571. The van der Waals surface area contributed by atoms with Crippen molar-refractivity contribution >= 4 is 17.8 Å². The van der Waals surface area contributed by atoms with E-state index in [0.29, 0.717) is 6.42 Å². The largest absolute Gasteiger partial charge is 0.461 e. The monoisotopic (exact) mass is 410 g/mol. The van der Waals surface area contributed by atoms with Gasteiger partial charge in [0.15, 0.2) is 11.6 Å². The molecule has 6 nitrogen and oxygen atoms in total. The quantitative estimate of drug-likeness (QED) is 0.669. The molecule has 1 heterocycles. The highest BCUT2D eigenvalue weighted by molar-refractivity contribution is 5.86. The lowest BCUT2D eigenvalue weighted by Gasteiger charge is -2.27. The number of esters is 1. The molecule has 1 N–H and O–H groups in total. The van der Waals surface area contributed by atoms with E-state index >= 15 is 0 Å². The van der Waals surface area contributed by atoms with Gasteiger partial charge in [0.25, 0.3) is 0 Å². The van der Waals surface area contributed by atoms with Gasteiger partial charge in [-0.25, -0.2) is 13.6 Å². The van der Waals surface area contributed by atoms with Crippen molar-refractivity contribution in [2.45, 2.75) is 71.7 Å². The van der Waals surface area contributed by atoms with E-state index in [0.717, 1.165) is 6.07 Å². The second-order valence-electron chi connectivity index (χ2n) is 7.91. The molecule has 2 atom stereocenters. The van der Waals surface area contributed by atoms with E-state index in [1.807, 2.05) is 0 Å². The zero-order valence-electron chi connectivity index (χ0n) is 17.2. The summed E-state index contributed by atoms with van der Waals surface area (Å²) in [6.07, 6.45) is 0.342. The molecule has 0 aliphatic carbocycles. The summed E-state index contributed by atoms with van der Waals surface area (Å²) in [5.41, 5.74) is 0.0613. The van der Waals surface area contributed by atoms with E-state index in [4.69, 9.17) is 4.74 Å². The number of hydrogen-bond donors (Lipinski definition) is 1. The van der Waals surface area contributed by atoms with Gasteiger partial charge in [0.1, 0.15) is 6.04 Å². The Morgan fingerprint density at radius 3 is 2.55 bits per heavy atom. The Morgan fingerprint density at radius 2 is 1.93 bits per heavy atom. The van der Waals surface area contributed by atoms with Crippen molar-refractivity contribution < 1.29 is 27.9 Å². The van der Waals surface area contributed by atoms with Crippen molar-refractivity contribution in [3.8, 4) is 0 Å². The van der Waals surface area contributed by atoms with Gasteiger partial charge in [0.05, 0.1) is 6.10 Å². The summed E-state index contributed by atoms with van der Waals surface area (Å²) in [5.74, 6) is -3.27. The first kappa shape index (κ1) is 22.8. The van der Waals surface area contributed by atoms with Crippen LogP contribution in [0.15, 0.2) is 18.2 Å². The average molecular weight is 410 g/mol. The molecule has 0 unspecified atom stereocenters. The molecule has 1 aliphatic rings. The maximum Gasteiger partial charge on any atom is 0.329 e. The highest BCUT2D eigenvalue weighted by Crippen LogP contribution is 2.25. The number of hydrogen-bond acceptors (Lipinski definition) is 4. The Hall–Kier alpha value is -2.51. The van der Waals surface area contributed by atoms with Crippen LogP contribution in [0, 0.1) is 17.6 Å². The second kappa shape index (κ2) is 9.80. The molecule has 2 amide bonds. The number of benzene rings is 1. The van der Waals surface area contributed by atoms with Gasteiger partial charge in [-0.15, -0.1) is 0 Å². The number of likely N-dealkylation sites (tertiary alicyclic amines) is 1. The number of nitrogens with one attached hydrogen (secondary N) is 1. The highest BCUT2D eigenvalue weighted by atomic mass is 19.2. The lowest BCUT2D eigenvalue weighted by atomic mass is 10.0. The maximum absolute atomic E-state index is 14.0. The second-order valence-corrected chi connectivity index (χ2v) is 7.91. The van der Waals surface area contributed by atoms with Crippen LogP contribution in [0.4, 0.5) is 8.78 Å². The van der Waals surface area contributed by atoms with Crippen LogP contribution in [0.5, 0.6) is 0 Å². The summed E-state index contributed by atoms with van der Waals surface area (Å²) in [5, 5.41) is 2.68. The summed E-state index contributed by atoms with van der Waals surface area (Å²) in [6.45, 7) is 6.94. The molecule has 29 heavy (non-hydrogen) atoms. The Labute approximate surface area is 169 Å². The van der Waals surface area contributed by atoms with E-state index in [9.17, 15) is 23.2 Å². The first-order valence-electron chi connectivity index (χ1n) is 9.82. The van der Waals surface area contributed by atoms with Crippen molar-refractivity contribution in [2.75, 3.05) is 0 Å².